The van der Waals surface area contributed by atoms with Gasteiger partial charge in [0.25, 0.3) is 0 Å². The van der Waals surface area contributed by atoms with E-state index < -0.39 is 0 Å². The van der Waals surface area contributed by atoms with Gasteiger partial charge < -0.3 is 4.74 Å². The van der Waals surface area contributed by atoms with Gasteiger partial charge in [0.2, 0.25) is 0 Å². The number of thioether (sulfide) groups is 1. The van der Waals surface area contributed by atoms with Gasteiger partial charge in [-0.05, 0) is 93.8 Å². The number of hydrogen-bond acceptors (Lipinski definition) is 3. The average molecular weight is 526 g/mol. The molecule has 8 aliphatic rings. The highest BCUT2D eigenvalue weighted by Gasteiger charge is 2.60. The lowest BCUT2D eigenvalue weighted by molar-refractivity contribution is -0.0395. The van der Waals surface area contributed by atoms with Crippen LogP contribution in [0, 0.1) is 35.5 Å². The molecule has 6 saturated carbocycles. The molecule has 2 nitrogen and oxygen atoms in total. The zero-order valence-corrected chi connectivity index (χ0v) is 24.4. The Kier molecular flexibility index (Phi) is 7.16. The molecule has 12 unspecified atom stereocenters. The molecule has 0 aromatic carbocycles. The third-order valence-electron chi connectivity index (χ3n) is 13.6. The lowest BCUT2D eigenvalue weighted by atomic mass is 9.64. The van der Waals surface area contributed by atoms with E-state index in [2.05, 4.69) is 16.7 Å². The molecular formula is C34H55NOS. The van der Waals surface area contributed by atoms with E-state index in [-0.39, 0.29) is 0 Å². The van der Waals surface area contributed by atoms with Crippen LogP contribution in [-0.4, -0.2) is 45.7 Å². The van der Waals surface area contributed by atoms with Crippen molar-refractivity contribution in [1.82, 2.24) is 4.90 Å². The van der Waals surface area contributed by atoms with E-state index >= 15 is 0 Å². The van der Waals surface area contributed by atoms with Crippen LogP contribution in [0.5, 0.6) is 0 Å². The highest BCUT2D eigenvalue weighted by molar-refractivity contribution is 8.00. The Morgan fingerprint density at radius 3 is 2.05 bits per heavy atom. The summed E-state index contributed by atoms with van der Waals surface area (Å²) in [4.78, 5) is 3.37. The molecule has 0 amide bonds. The standard InChI is InChI=1S/C34H55NOS/c1-2-12-23(13-3-1)35(28-17-8-11-22-10-4-5-14-24(22)28)29-18-9-16-25-26-20-21-31-32(34(26)37-33(25)29)27-15-6-7-19-30(27)36-31/h22-34H,1-21H2. The van der Waals surface area contributed by atoms with Crippen molar-refractivity contribution in [3.05, 3.63) is 0 Å². The zero-order chi connectivity index (χ0) is 24.3. The molecular weight excluding hydrogens is 470 g/mol. The first-order valence-corrected chi connectivity index (χ1v) is 18.4. The molecule has 0 aromatic heterocycles. The first kappa shape index (κ1) is 25.0. The van der Waals surface area contributed by atoms with E-state index in [1.807, 2.05) is 0 Å². The molecule has 3 heteroatoms. The minimum Gasteiger partial charge on any atom is -0.374 e. The Hall–Kier alpha value is 0.270. The molecule has 0 bridgehead atoms. The Morgan fingerprint density at radius 2 is 1.14 bits per heavy atom. The zero-order valence-electron chi connectivity index (χ0n) is 23.6. The van der Waals surface area contributed by atoms with E-state index in [1.54, 1.807) is 25.7 Å². The van der Waals surface area contributed by atoms with Gasteiger partial charge in [0.15, 0.2) is 0 Å². The smallest absolute Gasteiger partial charge is 0.0621 e. The molecule has 2 aliphatic heterocycles. The maximum absolute atomic E-state index is 6.83. The minimum atomic E-state index is 0.622. The fourth-order valence-corrected chi connectivity index (χ4v) is 14.7. The van der Waals surface area contributed by atoms with E-state index in [1.165, 1.54) is 109 Å². The van der Waals surface area contributed by atoms with Gasteiger partial charge in [0.05, 0.1) is 12.2 Å². The fraction of sp³-hybridized carbons (Fsp3) is 1.00. The summed E-state index contributed by atoms with van der Waals surface area (Å²) in [7, 11) is 0. The topological polar surface area (TPSA) is 12.5 Å². The first-order valence-electron chi connectivity index (χ1n) is 17.4. The second-order valence-corrected chi connectivity index (χ2v) is 16.5. The molecule has 2 heterocycles. The van der Waals surface area contributed by atoms with Crippen LogP contribution in [0.2, 0.25) is 0 Å². The van der Waals surface area contributed by atoms with E-state index in [9.17, 15) is 0 Å². The minimum absolute atomic E-state index is 0.622. The largest absolute Gasteiger partial charge is 0.374 e. The third-order valence-corrected chi connectivity index (χ3v) is 15.6. The number of nitrogens with zero attached hydrogens (tertiary/aromatic N) is 1. The first-order chi connectivity index (χ1) is 18.4. The Labute approximate surface area is 232 Å². The summed E-state index contributed by atoms with van der Waals surface area (Å²) in [6.07, 6.45) is 32.8. The van der Waals surface area contributed by atoms with Crippen molar-refractivity contribution in [3.63, 3.8) is 0 Å². The predicted octanol–water partition coefficient (Wildman–Crippen LogP) is 8.62. The van der Waals surface area contributed by atoms with Crippen molar-refractivity contribution in [1.29, 1.82) is 0 Å². The van der Waals surface area contributed by atoms with Gasteiger partial charge in [0, 0.05) is 34.5 Å². The van der Waals surface area contributed by atoms with Crippen LogP contribution in [0.1, 0.15) is 135 Å². The van der Waals surface area contributed by atoms with Crippen LogP contribution in [0.4, 0.5) is 0 Å². The maximum Gasteiger partial charge on any atom is 0.0621 e. The van der Waals surface area contributed by atoms with E-state index in [0.29, 0.717) is 12.2 Å². The summed E-state index contributed by atoms with van der Waals surface area (Å²) in [6, 6.07) is 2.74. The van der Waals surface area contributed by atoms with Gasteiger partial charge >= 0.3 is 0 Å². The molecule has 12 atom stereocenters. The molecule has 208 valence electrons. The van der Waals surface area contributed by atoms with Crippen molar-refractivity contribution in [2.75, 3.05) is 0 Å². The van der Waals surface area contributed by atoms with Crippen LogP contribution in [0.25, 0.3) is 0 Å². The lowest BCUT2D eigenvalue weighted by Crippen LogP contribution is -2.59. The van der Waals surface area contributed by atoms with Crippen LogP contribution in [-0.2, 0) is 4.74 Å². The molecule has 0 spiro atoms. The summed E-state index contributed by atoms with van der Waals surface area (Å²) in [5.74, 6) is 5.96. The predicted molar refractivity (Wildman–Crippen MR) is 155 cm³/mol. The van der Waals surface area contributed by atoms with Crippen molar-refractivity contribution in [2.24, 2.45) is 35.5 Å². The number of rotatable bonds is 3. The van der Waals surface area contributed by atoms with Gasteiger partial charge in [-0.15, -0.1) is 0 Å². The van der Waals surface area contributed by atoms with Gasteiger partial charge in [-0.3, -0.25) is 4.90 Å². The molecule has 6 aliphatic carbocycles. The summed E-state index contributed by atoms with van der Waals surface area (Å²) in [5, 5.41) is 1.88. The SMILES string of the molecule is C1CCC(N(C2CCCC3CCCCC32)C2CCCC3C4CCC5OC6CCCCC6C5C4SC32)CC1. The molecule has 0 radical (unpaired) electrons. The lowest BCUT2D eigenvalue weighted by Gasteiger charge is -2.55. The van der Waals surface area contributed by atoms with Gasteiger partial charge in [-0.1, -0.05) is 70.6 Å². The summed E-state index contributed by atoms with van der Waals surface area (Å²) < 4.78 is 6.83. The third kappa shape index (κ3) is 4.32. The van der Waals surface area contributed by atoms with Gasteiger partial charge in [-0.2, -0.15) is 11.8 Å². The van der Waals surface area contributed by atoms with Gasteiger partial charge in [-0.25, -0.2) is 0 Å². The van der Waals surface area contributed by atoms with Crippen molar-refractivity contribution >= 4 is 11.8 Å². The fourth-order valence-electron chi connectivity index (χ4n) is 12.3. The molecule has 8 fully saturated rings. The summed E-state index contributed by atoms with van der Waals surface area (Å²) >= 11 is 2.58. The van der Waals surface area contributed by atoms with Crippen LogP contribution >= 0.6 is 11.8 Å². The van der Waals surface area contributed by atoms with Gasteiger partial charge in [0.1, 0.15) is 0 Å². The molecule has 8 rings (SSSR count). The van der Waals surface area contributed by atoms with Crippen molar-refractivity contribution in [2.45, 2.75) is 176 Å². The van der Waals surface area contributed by atoms with E-state index in [0.717, 1.165) is 64.1 Å². The highest BCUT2D eigenvalue weighted by Crippen LogP contribution is 2.62. The number of hydrogen-bond donors (Lipinski definition) is 0. The van der Waals surface area contributed by atoms with Crippen molar-refractivity contribution in [3.8, 4) is 0 Å². The maximum atomic E-state index is 6.83. The Bertz CT molecular complexity index is 795. The van der Waals surface area contributed by atoms with Crippen LogP contribution in [0.15, 0.2) is 0 Å². The quantitative estimate of drug-likeness (QED) is 0.366. The molecule has 2 saturated heterocycles. The van der Waals surface area contributed by atoms with E-state index in [4.69, 9.17) is 4.74 Å². The normalized spacial score (nSPS) is 52.1. The second kappa shape index (κ2) is 10.6. The monoisotopic (exact) mass is 525 g/mol. The summed E-state index contributed by atoms with van der Waals surface area (Å²) in [5.41, 5.74) is 0. The molecule has 0 N–H and O–H groups in total. The number of ether oxygens (including phenoxy) is 1. The average Bonchev–Trinajstić information content (AvgIpc) is 3.53. The van der Waals surface area contributed by atoms with Crippen LogP contribution in [0.3, 0.4) is 0 Å². The Balaban J connectivity index is 1.10. The van der Waals surface area contributed by atoms with Crippen LogP contribution < -0.4 is 0 Å². The van der Waals surface area contributed by atoms with Crippen molar-refractivity contribution < 1.29 is 4.74 Å². The highest BCUT2D eigenvalue weighted by atomic mass is 32.2. The summed E-state index contributed by atoms with van der Waals surface area (Å²) in [6.45, 7) is 0. The number of fused-ring (bicyclic) bond motifs is 8. The second-order valence-electron chi connectivity index (χ2n) is 15.2. The molecule has 37 heavy (non-hydrogen) atoms. The molecule has 0 aromatic rings. The Morgan fingerprint density at radius 1 is 0.459 bits per heavy atom.